The van der Waals surface area contributed by atoms with E-state index in [1.807, 2.05) is 24.3 Å². The van der Waals surface area contributed by atoms with Gasteiger partial charge in [-0.2, -0.15) is 0 Å². The first kappa shape index (κ1) is 18.1. The van der Waals surface area contributed by atoms with Gasteiger partial charge in [-0.25, -0.2) is 4.98 Å². The zero-order valence-electron chi connectivity index (χ0n) is 14.9. The molecule has 1 amide bonds. The molecule has 2 aromatic carbocycles. The van der Waals surface area contributed by atoms with Gasteiger partial charge in [-0.1, -0.05) is 23.7 Å². The van der Waals surface area contributed by atoms with Crippen LogP contribution in [0.25, 0.3) is 11.1 Å². The molecule has 3 N–H and O–H groups in total. The summed E-state index contributed by atoms with van der Waals surface area (Å²) >= 11 is 6.09. The second-order valence-corrected chi connectivity index (χ2v) is 6.98. The summed E-state index contributed by atoms with van der Waals surface area (Å²) in [5.41, 5.74) is 8.45. The lowest BCUT2D eigenvalue weighted by atomic mass is 10.0. The molecule has 0 spiro atoms. The number of halogens is 1. The molecule has 0 fully saturated rings. The highest BCUT2D eigenvalue weighted by atomic mass is 35.5. The first-order valence-electron chi connectivity index (χ1n) is 8.77. The molecule has 0 atom stereocenters. The third-order valence-corrected chi connectivity index (χ3v) is 4.83. The molecule has 7 heteroatoms. The molecule has 0 saturated carbocycles. The minimum atomic E-state index is -0.170. The van der Waals surface area contributed by atoms with Gasteiger partial charge in [0.2, 0.25) is 0 Å². The van der Waals surface area contributed by atoms with Crippen molar-refractivity contribution in [1.82, 2.24) is 9.88 Å². The largest absolute Gasteiger partial charge is 0.504 e. The van der Waals surface area contributed by atoms with Gasteiger partial charge in [0.25, 0.3) is 5.91 Å². The molecule has 0 bridgehead atoms. The number of carbonyl (C=O) groups excluding carboxylic acids is 1. The number of aromatic hydroxyl groups is 1. The van der Waals surface area contributed by atoms with Gasteiger partial charge in [0.1, 0.15) is 12.4 Å². The Bertz CT molecular complexity index is 1040. The lowest BCUT2D eigenvalue weighted by Gasteiger charge is -2.20. The number of amides is 1. The topological polar surface area (TPSA) is 88.7 Å². The van der Waals surface area contributed by atoms with E-state index < -0.39 is 0 Å². The molecule has 0 saturated heterocycles. The monoisotopic (exact) mass is 395 g/mol. The molecule has 4 rings (SSSR count). The number of rotatable bonds is 2. The number of nitrogens with two attached hydrogens (primary N) is 1. The first-order chi connectivity index (χ1) is 13.5. The van der Waals surface area contributed by atoms with Crippen molar-refractivity contribution >= 4 is 23.3 Å². The second-order valence-electron chi connectivity index (χ2n) is 6.54. The van der Waals surface area contributed by atoms with Gasteiger partial charge in [-0.15, -0.1) is 0 Å². The minimum absolute atomic E-state index is 0.0379. The van der Waals surface area contributed by atoms with Crippen molar-refractivity contribution < 1.29 is 14.6 Å². The predicted octanol–water partition coefficient (Wildman–Crippen LogP) is 3.72. The van der Waals surface area contributed by atoms with Crippen LogP contribution in [0, 0.1) is 0 Å². The fourth-order valence-electron chi connectivity index (χ4n) is 3.22. The molecule has 0 radical (unpaired) electrons. The summed E-state index contributed by atoms with van der Waals surface area (Å²) in [6.45, 7) is 0.982. The van der Waals surface area contributed by atoms with Crippen LogP contribution in [0.15, 0.2) is 54.7 Å². The maximum absolute atomic E-state index is 12.9. The third-order valence-electron chi connectivity index (χ3n) is 4.59. The fourth-order valence-corrected chi connectivity index (χ4v) is 3.41. The molecule has 1 aliphatic heterocycles. The molecular formula is C21H18ClN3O3. The van der Waals surface area contributed by atoms with E-state index in [-0.39, 0.29) is 18.3 Å². The van der Waals surface area contributed by atoms with Crippen LogP contribution >= 0.6 is 11.6 Å². The number of carbonyl (C=O) groups is 1. The van der Waals surface area contributed by atoms with Crippen molar-refractivity contribution in [1.29, 1.82) is 0 Å². The molecule has 142 valence electrons. The van der Waals surface area contributed by atoms with E-state index >= 15 is 0 Å². The van der Waals surface area contributed by atoms with Gasteiger partial charge in [0, 0.05) is 23.3 Å². The van der Waals surface area contributed by atoms with Gasteiger partial charge < -0.3 is 20.5 Å². The van der Waals surface area contributed by atoms with Crippen molar-refractivity contribution in [2.24, 2.45) is 0 Å². The molecule has 1 aromatic heterocycles. The highest BCUT2D eigenvalue weighted by Crippen LogP contribution is 2.38. The molecule has 0 unspecified atom stereocenters. The summed E-state index contributed by atoms with van der Waals surface area (Å²) in [6.07, 6.45) is 1.46. The van der Waals surface area contributed by atoms with Gasteiger partial charge in [-0.05, 0) is 47.5 Å². The van der Waals surface area contributed by atoms with E-state index in [2.05, 4.69) is 4.98 Å². The Hall–Kier alpha value is -3.25. The van der Waals surface area contributed by atoms with E-state index in [9.17, 15) is 9.90 Å². The van der Waals surface area contributed by atoms with Gasteiger partial charge in [-0.3, -0.25) is 4.79 Å². The number of benzene rings is 2. The molecule has 28 heavy (non-hydrogen) atoms. The molecule has 3 aromatic rings. The number of ether oxygens (including phenoxy) is 1. The quantitative estimate of drug-likeness (QED) is 0.690. The third kappa shape index (κ3) is 3.59. The van der Waals surface area contributed by atoms with Gasteiger partial charge >= 0.3 is 0 Å². The van der Waals surface area contributed by atoms with E-state index in [0.717, 1.165) is 16.7 Å². The van der Waals surface area contributed by atoms with E-state index in [4.69, 9.17) is 22.1 Å². The fraction of sp³-hybridized carbons (Fsp3) is 0.143. The number of aromatic nitrogens is 1. The molecule has 2 heterocycles. The molecule has 6 nitrogen and oxygen atoms in total. The number of pyridine rings is 1. The van der Waals surface area contributed by atoms with Crippen molar-refractivity contribution in [3.05, 3.63) is 70.9 Å². The average Bonchev–Trinajstić information content (AvgIpc) is 2.91. The van der Waals surface area contributed by atoms with Crippen molar-refractivity contribution in [3.8, 4) is 22.6 Å². The molecular weight excluding hydrogens is 378 g/mol. The highest BCUT2D eigenvalue weighted by molar-refractivity contribution is 6.30. The smallest absolute Gasteiger partial charge is 0.255 e. The van der Waals surface area contributed by atoms with Crippen LogP contribution in [0.2, 0.25) is 5.02 Å². The summed E-state index contributed by atoms with van der Waals surface area (Å²) in [4.78, 5) is 18.5. The Labute approximate surface area is 167 Å². The van der Waals surface area contributed by atoms with E-state index in [1.54, 1.807) is 29.2 Å². The van der Waals surface area contributed by atoms with E-state index in [0.29, 0.717) is 35.2 Å². The summed E-state index contributed by atoms with van der Waals surface area (Å²) < 4.78 is 5.72. The maximum Gasteiger partial charge on any atom is 0.255 e. The number of hydrogen-bond donors (Lipinski definition) is 2. The highest BCUT2D eigenvalue weighted by Gasteiger charge is 2.24. The standard InChI is InChI=1S/C21H18ClN3O3/c22-17-3-1-2-13(9-17)15-8-16-12-25(6-7-28-20(16)18(26)10-15)21(27)14-4-5-19(23)24-11-14/h1-5,8-11,26H,6-7,12H2,(H2,23,24). The van der Waals surface area contributed by atoms with Crippen LogP contribution in [0.5, 0.6) is 11.5 Å². The Morgan fingerprint density at radius 2 is 2.04 bits per heavy atom. The Balaban J connectivity index is 1.68. The minimum Gasteiger partial charge on any atom is -0.504 e. The van der Waals surface area contributed by atoms with Crippen LogP contribution in [0.4, 0.5) is 5.82 Å². The van der Waals surface area contributed by atoms with Crippen LogP contribution in [0.1, 0.15) is 15.9 Å². The Morgan fingerprint density at radius 3 is 2.79 bits per heavy atom. The SMILES string of the molecule is Nc1ccc(C(=O)N2CCOc3c(O)cc(-c4cccc(Cl)c4)cc3C2)cn1. The van der Waals surface area contributed by atoms with Crippen LogP contribution in [-0.2, 0) is 6.54 Å². The predicted molar refractivity (Wildman–Crippen MR) is 107 cm³/mol. The second kappa shape index (κ2) is 7.40. The summed E-state index contributed by atoms with van der Waals surface area (Å²) in [5, 5.41) is 11.1. The van der Waals surface area contributed by atoms with Gasteiger partial charge in [0.15, 0.2) is 11.5 Å². The molecule has 1 aliphatic rings. The van der Waals surface area contributed by atoms with Gasteiger partial charge in [0.05, 0.1) is 12.1 Å². The zero-order valence-corrected chi connectivity index (χ0v) is 15.7. The average molecular weight is 396 g/mol. The normalized spacial score (nSPS) is 13.4. The van der Waals surface area contributed by atoms with E-state index in [1.165, 1.54) is 6.20 Å². The first-order valence-corrected chi connectivity index (χ1v) is 9.14. The Morgan fingerprint density at radius 1 is 1.18 bits per heavy atom. The maximum atomic E-state index is 12.9. The lowest BCUT2D eigenvalue weighted by Crippen LogP contribution is -2.32. The summed E-state index contributed by atoms with van der Waals surface area (Å²) in [7, 11) is 0. The lowest BCUT2D eigenvalue weighted by molar-refractivity contribution is 0.0733. The van der Waals surface area contributed by atoms with Crippen molar-refractivity contribution in [2.75, 3.05) is 18.9 Å². The molecule has 0 aliphatic carbocycles. The number of hydrogen-bond acceptors (Lipinski definition) is 5. The number of nitrogen functional groups attached to an aromatic ring is 1. The number of fused-ring (bicyclic) bond motifs is 1. The zero-order chi connectivity index (χ0) is 19.7. The number of phenolic OH excluding ortho intramolecular Hbond substituents is 1. The summed E-state index contributed by atoms with van der Waals surface area (Å²) in [5.74, 6) is 0.626. The number of anilines is 1. The Kier molecular flexibility index (Phi) is 4.79. The van der Waals surface area contributed by atoms with Crippen molar-refractivity contribution in [2.45, 2.75) is 6.54 Å². The van der Waals surface area contributed by atoms with Crippen LogP contribution in [-0.4, -0.2) is 34.0 Å². The number of phenols is 1. The van der Waals surface area contributed by atoms with Crippen LogP contribution < -0.4 is 10.5 Å². The number of nitrogens with zero attached hydrogens (tertiary/aromatic N) is 2. The van der Waals surface area contributed by atoms with Crippen molar-refractivity contribution in [3.63, 3.8) is 0 Å². The summed E-state index contributed by atoms with van der Waals surface area (Å²) in [6, 6.07) is 14.2. The van der Waals surface area contributed by atoms with Crippen LogP contribution in [0.3, 0.4) is 0 Å².